The molecule has 0 fully saturated rings. The topological polar surface area (TPSA) is 91.0 Å². The van der Waals surface area contributed by atoms with E-state index < -0.39 is 35.2 Å². The second-order valence-corrected chi connectivity index (χ2v) is 9.02. The Kier molecular flexibility index (Phi) is 5.63. The zero-order valence-electron chi connectivity index (χ0n) is 18.1. The number of fused-ring (bicyclic) bond motifs is 1. The van der Waals surface area contributed by atoms with E-state index in [4.69, 9.17) is 4.42 Å². The summed E-state index contributed by atoms with van der Waals surface area (Å²) >= 11 is 3.33. The molecule has 0 saturated carbocycles. The first-order chi connectivity index (χ1) is 17.0. The fourth-order valence-corrected chi connectivity index (χ4v) is 4.58. The van der Waals surface area contributed by atoms with Crippen LogP contribution >= 0.6 is 15.9 Å². The molecule has 1 amide bonds. The van der Waals surface area contributed by atoms with Crippen molar-refractivity contribution in [1.29, 1.82) is 0 Å². The van der Waals surface area contributed by atoms with Crippen LogP contribution in [0, 0.1) is 0 Å². The Labute approximate surface area is 210 Å². The minimum absolute atomic E-state index is 0.173. The maximum Gasteiger partial charge on any atom is 0.416 e. The summed E-state index contributed by atoms with van der Waals surface area (Å²) in [5.41, 5.74) is -1.00. The number of aliphatic hydroxyl groups is 1. The van der Waals surface area contributed by atoms with Gasteiger partial charge >= 0.3 is 6.18 Å². The van der Waals surface area contributed by atoms with Crippen LogP contribution in [-0.4, -0.2) is 21.9 Å². The molecule has 0 spiro atoms. The molecule has 0 aliphatic carbocycles. The lowest BCUT2D eigenvalue weighted by molar-refractivity contribution is -0.137. The third kappa shape index (κ3) is 4.03. The molecule has 1 unspecified atom stereocenters. The van der Waals surface area contributed by atoms with Gasteiger partial charge in [0.1, 0.15) is 11.3 Å². The normalized spacial score (nSPS) is 16.3. The van der Waals surface area contributed by atoms with Crippen molar-refractivity contribution >= 4 is 44.3 Å². The SMILES string of the molecule is O=C(C1=C(O)C(=O)N(c2cccc(C(F)(F)F)c2)C1c1cccc(O)c1)c1cc2cc(Br)ccc2o1. The number of phenols is 1. The fourth-order valence-electron chi connectivity index (χ4n) is 4.20. The quantitative estimate of drug-likeness (QED) is 0.272. The number of rotatable bonds is 4. The van der Waals surface area contributed by atoms with Crippen molar-refractivity contribution in [2.24, 2.45) is 0 Å². The summed E-state index contributed by atoms with van der Waals surface area (Å²) in [5, 5.41) is 21.4. The van der Waals surface area contributed by atoms with Gasteiger partial charge < -0.3 is 14.6 Å². The molecule has 2 heterocycles. The fraction of sp³-hybridized carbons (Fsp3) is 0.0769. The lowest BCUT2D eigenvalue weighted by atomic mass is 9.94. The molecular formula is C26H15BrF3NO5. The van der Waals surface area contributed by atoms with E-state index in [1.54, 1.807) is 18.2 Å². The first kappa shape index (κ1) is 23.7. The molecule has 0 saturated heterocycles. The lowest BCUT2D eigenvalue weighted by Gasteiger charge is -2.27. The highest BCUT2D eigenvalue weighted by Gasteiger charge is 2.46. The first-order valence-electron chi connectivity index (χ1n) is 10.5. The molecule has 0 radical (unpaired) electrons. The number of anilines is 1. The molecule has 36 heavy (non-hydrogen) atoms. The molecular weight excluding hydrogens is 543 g/mol. The van der Waals surface area contributed by atoms with E-state index in [-0.39, 0.29) is 28.3 Å². The number of nitrogens with zero attached hydrogens (tertiary/aromatic N) is 1. The number of alkyl halides is 3. The zero-order chi connectivity index (χ0) is 25.8. The highest BCUT2D eigenvalue weighted by atomic mass is 79.9. The van der Waals surface area contributed by atoms with Gasteiger partial charge in [0.05, 0.1) is 17.2 Å². The number of benzene rings is 3. The number of carbonyl (C=O) groups is 2. The summed E-state index contributed by atoms with van der Waals surface area (Å²) in [7, 11) is 0. The number of aliphatic hydroxyl groups excluding tert-OH is 1. The van der Waals surface area contributed by atoms with Crippen LogP contribution in [0.5, 0.6) is 5.75 Å². The van der Waals surface area contributed by atoms with Gasteiger partial charge in [0.25, 0.3) is 5.91 Å². The van der Waals surface area contributed by atoms with Gasteiger partial charge in [0.2, 0.25) is 5.78 Å². The molecule has 0 bridgehead atoms. The van der Waals surface area contributed by atoms with Gasteiger partial charge in [-0.1, -0.05) is 34.1 Å². The average Bonchev–Trinajstić information content (AvgIpc) is 3.36. The van der Waals surface area contributed by atoms with Crippen molar-refractivity contribution in [3.8, 4) is 5.75 Å². The molecule has 4 aromatic rings. The van der Waals surface area contributed by atoms with Crippen molar-refractivity contribution in [3.05, 3.63) is 105 Å². The number of amides is 1. The second kappa shape index (κ2) is 8.56. The molecule has 1 aliphatic heterocycles. The molecule has 182 valence electrons. The van der Waals surface area contributed by atoms with Crippen LogP contribution < -0.4 is 4.90 Å². The molecule has 5 rings (SSSR count). The molecule has 6 nitrogen and oxygen atoms in total. The van der Waals surface area contributed by atoms with Crippen molar-refractivity contribution in [1.82, 2.24) is 0 Å². The number of Topliss-reactive ketones (excluding diaryl/α,β-unsaturated/α-hetero) is 1. The number of hydrogen-bond donors (Lipinski definition) is 2. The Bertz CT molecular complexity index is 1570. The van der Waals surface area contributed by atoms with E-state index in [2.05, 4.69) is 15.9 Å². The largest absolute Gasteiger partial charge is 0.508 e. The van der Waals surface area contributed by atoms with Gasteiger partial charge in [-0.05, 0) is 60.2 Å². The summed E-state index contributed by atoms with van der Waals surface area (Å²) in [6.07, 6.45) is -4.68. The van der Waals surface area contributed by atoms with Crippen LogP contribution in [0.25, 0.3) is 11.0 Å². The highest BCUT2D eigenvalue weighted by Crippen LogP contribution is 2.44. The summed E-state index contributed by atoms with van der Waals surface area (Å²) < 4.78 is 46.6. The predicted molar refractivity (Wildman–Crippen MR) is 128 cm³/mol. The molecule has 10 heteroatoms. The minimum Gasteiger partial charge on any atom is -0.508 e. The van der Waals surface area contributed by atoms with Gasteiger partial charge in [-0.25, -0.2) is 0 Å². The maximum atomic E-state index is 13.6. The maximum absolute atomic E-state index is 13.6. The number of carbonyl (C=O) groups excluding carboxylic acids is 2. The Morgan fingerprint density at radius 2 is 1.72 bits per heavy atom. The van der Waals surface area contributed by atoms with E-state index in [0.29, 0.717) is 11.0 Å². The summed E-state index contributed by atoms with van der Waals surface area (Å²) in [6, 6.07) is 14.7. The lowest BCUT2D eigenvalue weighted by Crippen LogP contribution is -2.31. The van der Waals surface area contributed by atoms with E-state index >= 15 is 0 Å². The number of ketones is 1. The van der Waals surface area contributed by atoms with Crippen molar-refractivity contribution < 1.29 is 37.4 Å². The Morgan fingerprint density at radius 3 is 2.44 bits per heavy atom. The predicted octanol–water partition coefficient (Wildman–Crippen LogP) is 6.70. The number of aromatic hydroxyl groups is 1. The van der Waals surface area contributed by atoms with Gasteiger partial charge in [-0.3, -0.25) is 14.5 Å². The summed E-state index contributed by atoms with van der Waals surface area (Å²) in [6.45, 7) is 0. The van der Waals surface area contributed by atoms with Crippen LogP contribution in [0.4, 0.5) is 18.9 Å². The standard InChI is InChI=1S/C26H15BrF3NO5/c27-16-7-8-19-14(9-16)11-20(36-19)23(33)21-22(13-3-1-6-18(32)10-13)31(25(35)24(21)34)17-5-2-4-15(12-17)26(28,29)30/h1-12,22,32,34H. The van der Waals surface area contributed by atoms with Gasteiger partial charge in [-0.2, -0.15) is 13.2 Å². The van der Waals surface area contributed by atoms with Crippen LogP contribution in [0.15, 0.2) is 93.0 Å². The molecule has 1 aliphatic rings. The van der Waals surface area contributed by atoms with Crippen molar-refractivity contribution in [3.63, 3.8) is 0 Å². The third-order valence-corrected chi connectivity index (χ3v) is 6.29. The Hall–Kier alpha value is -4.05. The van der Waals surface area contributed by atoms with Crippen LogP contribution in [-0.2, 0) is 11.0 Å². The number of halogens is 4. The highest BCUT2D eigenvalue weighted by molar-refractivity contribution is 9.10. The van der Waals surface area contributed by atoms with E-state index in [1.807, 2.05) is 0 Å². The number of phenolic OH excluding ortho intramolecular Hbond substituents is 1. The van der Waals surface area contributed by atoms with E-state index in [0.717, 1.165) is 27.6 Å². The Morgan fingerprint density at radius 1 is 0.972 bits per heavy atom. The summed E-state index contributed by atoms with van der Waals surface area (Å²) in [5.74, 6) is -3.18. The molecule has 3 aromatic carbocycles. The Balaban J connectivity index is 1.67. The van der Waals surface area contributed by atoms with Crippen LogP contribution in [0.1, 0.15) is 27.7 Å². The summed E-state index contributed by atoms with van der Waals surface area (Å²) in [4.78, 5) is 27.7. The van der Waals surface area contributed by atoms with Gasteiger partial charge in [0, 0.05) is 15.5 Å². The van der Waals surface area contributed by atoms with E-state index in [9.17, 15) is 33.0 Å². The first-order valence-corrected chi connectivity index (χ1v) is 11.3. The zero-order valence-corrected chi connectivity index (χ0v) is 19.7. The number of furan rings is 1. The van der Waals surface area contributed by atoms with Crippen LogP contribution in [0.3, 0.4) is 0 Å². The third-order valence-electron chi connectivity index (χ3n) is 5.79. The number of hydrogen-bond acceptors (Lipinski definition) is 5. The minimum atomic E-state index is -4.68. The smallest absolute Gasteiger partial charge is 0.416 e. The molecule has 2 N–H and O–H groups in total. The average molecular weight is 558 g/mol. The molecule has 1 aromatic heterocycles. The molecule has 1 atom stereocenters. The van der Waals surface area contributed by atoms with Crippen molar-refractivity contribution in [2.75, 3.05) is 4.90 Å². The monoisotopic (exact) mass is 557 g/mol. The van der Waals surface area contributed by atoms with Gasteiger partial charge in [-0.15, -0.1) is 0 Å². The second-order valence-electron chi connectivity index (χ2n) is 8.10. The van der Waals surface area contributed by atoms with Crippen LogP contribution in [0.2, 0.25) is 0 Å². The van der Waals surface area contributed by atoms with Gasteiger partial charge in [0.15, 0.2) is 11.5 Å². The van der Waals surface area contributed by atoms with Crippen molar-refractivity contribution in [2.45, 2.75) is 12.2 Å². The van der Waals surface area contributed by atoms with E-state index in [1.165, 1.54) is 36.4 Å².